The Morgan fingerprint density at radius 2 is 2.00 bits per heavy atom. The van der Waals surface area contributed by atoms with Gasteiger partial charge in [0.25, 0.3) is 5.91 Å². The van der Waals surface area contributed by atoms with Crippen molar-refractivity contribution in [1.82, 2.24) is 25.3 Å². The van der Waals surface area contributed by atoms with Crippen molar-refractivity contribution >= 4 is 12.0 Å². The van der Waals surface area contributed by atoms with Crippen LogP contribution in [0.2, 0.25) is 0 Å². The topological polar surface area (TPSA) is 90.6 Å². The summed E-state index contributed by atoms with van der Waals surface area (Å²) in [7, 11) is 0. The maximum Gasteiger partial charge on any atom is 0.410 e. The predicted molar refractivity (Wildman–Crippen MR) is 85.2 cm³/mol. The van der Waals surface area contributed by atoms with Crippen LogP contribution in [-0.4, -0.2) is 76.9 Å². The Hall–Kier alpha value is -2.09. The van der Waals surface area contributed by atoms with Gasteiger partial charge in [0.05, 0.1) is 0 Å². The summed E-state index contributed by atoms with van der Waals surface area (Å²) >= 11 is 0. The van der Waals surface area contributed by atoms with Gasteiger partial charge in [0.1, 0.15) is 11.3 Å². The van der Waals surface area contributed by atoms with E-state index in [0.29, 0.717) is 25.3 Å². The van der Waals surface area contributed by atoms with Crippen LogP contribution in [-0.2, 0) is 4.74 Å². The number of nitrogens with zero attached hydrogens (tertiary/aromatic N) is 3. The molecule has 0 aliphatic carbocycles. The van der Waals surface area contributed by atoms with E-state index < -0.39 is 5.60 Å². The number of piperazine rings is 1. The molecule has 128 valence electrons. The maximum absolute atomic E-state index is 12.0. The minimum absolute atomic E-state index is 0.158. The molecule has 0 atom stereocenters. The third kappa shape index (κ3) is 5.55. The molecule has 8 nitrogen and oxygen atoms in total. The molecule has 0 saturated carbocycles. The van der Waals surface area contributed by atoms with Gasteiger partial charge in [0.15, 0.2) is 0 Å². The van der Waals surface area contributed by atoms with Crippen LogP contribution in [0.25, 0.3) is 0 Å². The van der Waals surface area contributed by atoms with Gasteiger partial charge in [-0.3, -0.25) is 14.8 Å². The molecule has 1 aliphatic rings. The summed E-state index contributed by atoms with van der Waals surface area (Å²) in [6, 6.07) is 1.63. The molecule has 1 aliphatic heterocycles. The Labute approximate surface area is 136 Å². The number of ether oxygens (including phenoxy) is 1. The number of amides is 2. The standard InChI is InChI=1S/C15H25N5O3/c1-15(2,3)23-14(22)20-10-8-19(9-11-20)7-6-16-13(21)12-4-5-17-18-12/h4-5H,6-11H2,1-3H3,(H,16,21)(H,17,18). The number of carbonyl (C=O) groups is 2. The number of H-pyrrole nitrogens is 1. The molecule has 1 aromatic rings. The lowest BCUT2D eigenvalue weighted by atomic mass is 10.2. The molecule has 0 spiro atoms. The Morgan fingerprint density at radius 1 is 1.30 bits per heavy atom. The number of hydrogen-bond donors (Lipinski definition) is 2. The van der Waals surface area contributed by atoms with E-state index in [9.17, 15) is 9.59 Å². The first-order valence-electron chi connectivity index (χ1n) is 7.83. The lowest BCUT2D eigenvalue weighted by molar-refractivity contribution is 0.0147. The van der Waals surface area contributed by atoms with E-state index in [1.165, 1.54) is 0 Å². The summed E-state index contributed by atoms with van der Waals surface area (Å²) in [4.78, 5) is 27.7. The number of rotatable bonds is 4. The lowest BCUT2D eigenvalue weighted by Gasteiger charge is -2.35. The highest BCUT2D eigenvalue weighted by molar-refractivity contribution is 5.92. The average molecular weight is 323 g/mol. The van der Waals surface area contributed by atoms with Gasteiger partial charge < -0.3 is 15.0 Å². The second-order valence-corrected chi connectivity index (χ2v) is 6.54. The molecule has 0 radical (unpaired) electrons. The summed E-state index contributed by atoms with van der Waals surface area (Å²) in [6.07, 6.45) is 1.29. The first kappa shape index (κ1) is 17.3. The molecule has 2 amide bonds. The Kier molecular flexibility index (Phi) is 5.59. The van der Waals surface area contributed by atoms with E-state index in [-0.39, 0.29) is 12.0 Å². The Balaban J connectivity index is 1.65. The summed E-state index contributed by atoms with van der Waals surface area (Å²) in [5.74, 6) is -0.158. The normalized spacial score (nSPS) is 16.2. The van der Waals surface area contributed by atoms with Crippen molar-refractivity contribution in [3.05, 3.63) is 18.0 Å². The van der Waals surface area contributed by atoms with Crippen molar-refractivity contribution in [1.29, 1.82) is 0 Å². The van der Waals surface area contributed by atoms with Gasteiger partial charge in [0.2, 0.25) is 0 Å². The van der Waals surface area contributed by atoms with E-state index in [0.717, 1.165) is 19.6 Å². The summed E-state index contributed by atoms with van der Waals surface area (Å²) in [5, 5.41) is 9.21. The highest BCUT2D eigenvalue weighted by Gasteiger charge is 2.25. The maximum atomic E-state index is 12.0. The first-order chi connectivity index (χ1) is 10.8. The fraction of sp³-hybridized carbons (Fsp3) is 0.667. The number of aromatic amines is 1. The molecule has 1 aromatic heterocycles. The summed E-state index contributed by atoms with van der Waals surface area (Å²) < 4.78 is 5.37. The first-order valence-corrected chi connectivity index (χ1v) is 7.83. The smallest absolute Gasteiger partial charge is 0.410 e. The van der Waals surface area contributed by atoms with E-state index in [1.807, 2.05) is 20.8 Å². The number of hydrogen-bond acceptors (Lipinski definition) is 5. The van der Waals surface area contributed by atoms with Gasteiger partial charge >= 0.3 is 6.09 Å². The van der Waals surface area contributed by atoms with Gasteiger partial charge in [0, 0.05) is 45.5 Å². The Morgan fingerprint density at radius 3 is 2.57 bits per heavy atom. The second-order valence-electron chi connectivity index (χ2n) is 6.54. The van der Waals surface area contributed by atoms with E-state index in [4.69, 9.17) is 4.74 Å². The van der Waals surface area contributed by atoms with Crippen molar-refractivity contribution in [2.75, 3.05) is 39.3 Å². The van der Waals surface area contributed by atoms with Gasteiger partial charge in [-0.1, -0.05) is 0 Å². The van der Waals surface area contributed by atoms with E-state index >= 15 is 0 Å². The van der Waals surface area contributed by atoms with Gasteiger partial charge in [-0.25, -0.2) is 4.79 Å². The largest absolute Gasteiger partial charge is 0.444 e. The molecule has 2 N–H and O–H groups in total. The summed E-state index contributed by atoms with van der Waals surface area (Å²) in [6.45, 7) is 9.74. The van der Waals surface area contributed by atoms with Crippen molar-refractivity contribution in [3.63, 3.8) is 0 Å². The van der Waals surface area contributed by atoms with Gasteiger partial charge in [-0.2, -0.15) is 5.10 Å². The summed E-state index contributed by atoms with van der Waals surface area (Å²) in [5.41, 5.74) is -0.00899. The molecular formula is C15H25N5O3. The zero-order chi connectivity index (χ0) is 16.9. The zero-order valence-electron chi connectivity index (χ0n) is 14.0. The van der Waals surface area contributed by atoms with Crippen molar-refractivity contribution in [2.24, 2.45) is 0 Å². The molecule has 2 heterocycles. The molecule has 0 unspecified atom stereocenters. The molecule has 0 aromatic carbocycles. The van der Waals surface area contributed by atoms with Crippen LogP contribution in [0.3, 0.4) is 0 Å². The number of aromatic nitrogens is 2. The van der Waals surface area contributed by atoms with E-state index in [1.54, 1.807) is 17.2 Å². The zero-order valence-corrected chi connectivity index (χ0v) is 14.0. The van der Waals surface area contributed by atoms with Crippen LogP contribution >= 0.6 is 0 Å². The average Bonchev–Trinajstić information content (AvgIpc) is 3.00. The van der Waals surface area contributed by atoms with Crippen LogP contribution in [0.5, 0.6) is 0 Å². The molecule has 23 heavy (non-hydrogen) atoms. The van der Waals surface area contributed by atoms with E-state index in [2.05, 4.69) is 20.4 Å². The van der Waals surface area contributed by atoms with Crippen LogP contribution in [0.15, 0.2) is 12.3 Å². The highest BCUT2D eigenvalue weighted by atomic mass is 16.6. The van der Waals surface area contributed by atoms with Crippen LogP contribution in [0.1, 0.15) is 31.3 Å². The van der Waals surface area contributed by atoms with Crippen molar-refractivity contribution < 1.29 is 14.3 Å². The highest BCUT2D eigenvalue weighted by Crippen LogP contribution is 2.11. The van der Waals surface area contributed by atoms with Crippen molar-refractivity contribution in [2.45, 2.75) is 26.4 Å². The number of nitrogens with one attached hydrogen (secondary N) is 2. The molecule has 8 heteroatoms. The molecule has 1 fully saturated rings. The minimum Gasteiger partial charge on any atom is -0.444 e. The molecular weight excluding hydrogens is 298 g/mol. The molecule has 0 bridgehead atoms. The quantitative estimate of drug-likeness (QED) is 0.851. The van der Waals surface area contributed by atoms with Crippen LogP contribution < -0.4 is 5.32 Å². The number of carbonyl (C=O) groups excluding carboxylic acids is 2. The SMILES string of the molecule is CC(C)(C)OC(=O)N1CCN(CCNC(=O)c2ccn[nH]2)CC1. The third-order valence-electron chi connectivity index (χ3n) is 3.48. The molecule has 1 saturated heterocycles. The molecule has 2 rings (SSSR count). The van der Waals surface area contributed by atoms with Gasteiger partial charge in [-0.15, -0.1) is 0 Å². The van der Waals surface area contributed by atoms with Gasteiger partial charge in [-0.05, 0) is 26.8 Å². The monoisotopic (exact) mass is 323 g/mol. The van der Waals surface area contributed by atoms with Crippen molar-refractivity contribution in [3.8, 4) is 0 Å². The lowest BCUT2D eigenvalue weighted by Crippen LogP contribution is -2.51. The second kappa shape index (κ2) is 7.45. The van der Waals surface area contributed by atoms with Crippen LogP contribution in [0.4, 0.5) is 4.79 Å². The Bertz CT molecular complexity index is 516. The minimum atomic E-state index is -0.467. The fourth-order valence-electron chi connectivity index (χ4n) is 2.29. The predicted octanol–water partition coefficient (Wildman–Crippen LogP) is 0.692. The third-order valence-corrected chi connectivity index (χ3v) is 3.48. The van der Waals surface area contributed by atoms with Crippen LogP contribution in [0, 0.1) is 0 Å². The fourth-order valence-corrected chi connectivity index (χ4v) is 2.29.